The molecule has 1 heterocycles. The molecule has 1 amide bonds. The maximum absolute atomic E-state index is 11.8. The molecule has 0 saturated heterocycles. The summed E-state index contributed by atoms with van der Waals surface area (Å²) in [5.41, 5.74) is 0.624. The number of nitrogens with zero attached hydrogens (tertiary/aromatic N) is 1. The van der Waals surface area contributed by atoms with Gasteiger partial charge in [-0.05, 0) is 12.5 Å². The molecule has 1 rings (SSSR count). The largest absolute Gasteiger partial charge is 0.472 e. The standard InChI is InChI=1S/C10H14BrNO2/c1-2-5-12(6-4-11)10(13)9-3-7-14-8-9/h3,7-8H,2,4-6H2,1H3. The summed E-state index contributed by atoms with van der Waals surface area (Å²) in [6.45, 7) is 3.58. The Hall–Kier alpha value is -0.770. The van der Waals surface area contributed by atoms with Crippen molar-refractivity contribution >= 4 is 21.8 Å². The van der Waals surface area contributed by atoms with Crippen molar-refractivity contribution in [2.24, 2.45) is 0 Å². The molecule has 0 aliphatic carbocycles. The second kappa shape index (κ2) is 5.86. The first-order chi connectivity index (χ1) is 6.79. The van der Waals surface area contributed by atoms with Gasteiger partial charge in [0.15, 0.2) is 0 Å². The summed E-state index contributed by atoms with van der Waals surface area (Å²) in [7, 11) is 0. The van der Waals surface area contributed by atoms with Gasteiger partial charge in [0.2, 0.25) is 0 Å². The highest BCUT2D eigenvalue weighted by molar-refractivity contribution is 9.09. The number of rotatable bonds is 5. The van der Waals surface area contributed by atoms with Gasteiger partial charge in [-0.1, -0.05) is 22.9 Å². The molecule has 0 bridgehead atoms. The Morgan fingerprint density at radius 3 is 2.86 bits per heavy atom. The summed E-state index contributed by atoms with van der Waals surface area (Å²) >= 11 is 3.33. The van der Waals surface area contributed by atoms with Gasteiger partial charge < -0.3 is 9.32 Å². The monoisotopic (exact) mass is 259 g/mol. The average molecular weight is 260 g/mol. The molecule has 0 unspecified atom stereocenters. The number of amides is 1. The van der Waals surface area contributed by atoms with E-state index in [1.165, 1.54) is 12.5 Å². The van der Waals surface area contributed by atoms with Crippen molar-refractivity contribution < 1.29 is 9.21 Å². The Bertz CT molecular complexity index is 266. The number of furan rings is 1. The van der Waals surface area contributed by atoms with E-state index in [0.717, 1.165) is 24.8 Å². The molecule has 1 aromatic rings. The summed E-state index contributed by atoms with van der Waals surface area (Å²) in [6.07, 6.45) is 3.97. The zero-order valence-electron chi connectivity index (χ0n) is 8.20. The molecular weight excluding hydrogens is 246 g/mol. The zero-order chi connectivity index (χ0) is 10.4. The van der Waals surface area contributed by atoms with Crippen molar-refractivity contribution in [3.63, 3.8) is 0 Å². The van der Waals surface area contributed by atoms with Crippen LogP contribution in [0.3, 0.4) is 0 Å². The van der Waals surface area contributed by atoms with E-state index in [9.17, 15) is 4.79 Å². The number of hydrogen-bond donors (Lipinski definition) is 0. The SMILES string of the molecule is CCCN(CCBr)C(=O)c1ccoc1. The first-order valence-corrected chi connectivity index (χ1v) is 5.79. The normalized spacial score (nSPS) is 10.1. The van der Waals surface area contributed by atoms with Crippen LogP contribution in [-0.2, 0) is 0 Å². The molecule has 0 radical (unpaired) electrons. The van der Waals surface area contributed by atoms with E-state index in [2.05, 4.69) is 22.9 Å². The third-order valence-corrected chi connectivity index (χ3v) is 2.26. The number of halogens is 1. The Morgan fingerprint density at radius 2 is 2.36 bits per heavy atom. The van der Waals surface area contributed by atoms with Crippen LogP contribution < -0.4 is 0 Å². The van der Waals surface area contributed by atoms with Gasteiger partial charge in [0.05, 0.1) is 11.8 Å². The molecule has 0 fully saturated rings. The van der Waals surface area contributed by atoms with Crippen LogP contribution in [0.5, 0.6) is 0 Å². The van der Waals surface area contributed by atoms with E-state index in [1.54, 1.807) is 6.07 Å². The van der Waals surface area contributed by atoms with Gasteiger partial charge >= 0.3 is 0 Å². The summed E-state index contributed by atoms with van der Waals surface area (Å²) in [4.78, 5) is 13.6. The quantitative estimate of drug-likeness (QED) is 0.762. The van der Waals surface area contributed by atoms with Gasteiger partial charge in [0.1, 0.15) is 6.26 Å². The Morgan fingerprint density at radius 1 is 1.57 bits per heavy atom. The Balaban J connectivity index is 2.63. The van der Waals surface area contributed by atoms with E-state index in [-0.39, 0.29) is 5.91 Å². The molecule has 0 spiro atoms. The van der Waals surface area contributed by atoms with Crippen LogP contribution in [0, 0.1) is 0 Å². The van der Waals surface area contributed by atoms with Crippen LogP contribution in [0.4, 0.5) is 0 Å². The molecule has 78 valence electrons. The first-order valence-electron chi connectivity index (χ1n) is 4.67. The lowest BCUT2D eigenvalue weighted by atomic mass is 10.3. The molecule has 0 atom stereocenters. The van der Waals surface area contributed by atoms with Crippen LogP contribution in [0.2, 0.25) is 0 Å². The van der Waals surface area contributed by atoms with Crippen molar-refractivity contribution in [2.75, 3.05) is 18.4 Å². The second-order valence-electron chi connectivity index (χ2n) is 2.99. The van der Waals surface area contributed by atoms with Crippen molar-refractivity contribution in [1.82, 2.24) is 4.90 Å². The Kier molecular flexibility index (Phi) is 4.73. The smallest absolute Gasteiger partial charge is 0.257 e. The predicted octanol–water partition coefficient (Wildman–Crippen LogP) is 2.53. The highest BCUT2D eigenvalue weighted by atomic mass is 79.9. The minimum absolute atomic E-state index is 0.0417. The zero-order valence-corrected chi connectivity index (χ0v) is 9.79. The van der Waals surface area contributed by atoms with Gasteiger partial charge in [0.25, 0.3) is 5.91 Å². The maximum atomic E-state index is 11.8. The fourth-order valence-corrected chi connectivity index (χ4v) is 1.68. The molecule has 0 aliphatic heterocycles. The van der Waals surface area contributed by atoms with E-state index < -0.39 is 0 Å². The van der Waals surface area contributed by atoms with Gasteiger partial charge in [-0.15, -0.1) is 0 Å². The Labute approximate surface area is 92.2 Å². The second-order valence-corrected chi connectivity index (χ2v) is 3.79. The van der Waals surface area contributed by atoms with Gasteiger partial charge in [-0.3, -0.25) is 4.79 Å². The van der Waals surface area contributed by atoms with E-state index in [4.69, 9.17) is 4.42 Å². The average Bonchev–Trinajstić information content (AvgIpc) is 2.69. The molecule has 4 heteroatoms. The maximum Gasteiger partial charge on any atom is 0.257 e. The summed E-state index contributed by atoms with van der Waals surface area (Å²) < 4.78 is 4.88. The van der Waals surface area contributed by atoms with E-state index in [1.807, 2.05) is 4.90 Å². The van der Waals surface area contributed by atoms with Crippen LogP contribution in [-0.4, -0.2) is 29.2 Å². The van der Waals surface area contributed by atoms with Crippen LogP contribution in [0.15, 0.2) is 23.0 Å². The van der Waals surface area contributed by atoms with Gasteiger partial charge in [0, 0.05) is 18.4 Å². The fraction of sp³-hybridized carbons (Fsp3) is 0.500. The minimum atomic E-state index is 0.0417. The molecule has 0 saturated carbocycles. The molecule has 1 aromatic heterocycles. The first kappa shape index (κ1) is 11.3. The van der Waals surface area contributed by atoms with Crippen LogP contribution >= 0.6 is 15.9 Å². The lowest BCUT2D eigenvalue weighted by Crippen LogP contribution is -2.33. The molecule has 0 N–H and O–H groups in total. The van der Waals surface area contributed by atoms with Crippen molar-refractivity contribution in [3.05, 3.63) is 24.2 Å². The van der Waals surface area contributed by atoms with E-state index in [0.29, 0.717) is 5.56 Å². The van der Waals surface area contributed by atoms with Crippen LogP contribution in [0.25, 0.3) is 0 Å². The number of carbonyl (C=O) groups is 1. The number of alkyl halides is 1. The minimum Gasteiger partial charge on any atom is -0.472 e. The molecule has 14 heavy (non-hydrogen) atoms. The molecule has 0 aromatic carbocycles. The summed E-state index contributed by atoms with van der Waals surface area (Å²) in [5, 5.41) is 0.802. The third kappa shape index (κ3) is 2.87. The lowest BCUT2D eigenvalue weighted by Gasteiger charge is -2.19. The van der Waals surface area contributed by atoms with Crippen molar-refractivity contribution in [3.8, 4) is 0 Å². The molecule has 3 nitrogen and oxygen atoms in total. The summed E-state index contributed by atoms with van der Waals surface area (Å²) in [5.74, 6) is 0.0417. The molecular formula is C10H14BrNO2. The number of hydrogen-bond acceptors (Lipinski definition) is 2. The van der Waals surface area contributed by atoms with Crippen LogP contribution in [0.1, 0.15) is 23.7 Å². The topological polar surface area (TPSA) is 33.5 Å². The van der Waals surface area contributed by atoms with Crippen molar-refractivity contribution in [2.45, 2.75) is 13.3 Å². The molecule has 0 aliphatic rings. The van der Waals surface area contributed by atoms with Crippen molar-refractivity contribution in [1.29, 1.82) is 0 Å². The lowest BCUT2D eigenvalue weighted by molar-refractivity contribution is 0.0766. The summed E-state index contributed by atoms with van der Waals surface area (Å²) in [6, 6.07) is 1.69. The number of carbonyl (C=O) groups excluding carboxylic acids is 1. The highest BCUT2D eigenvalue weighted by Gasteiger charge is 2.14. The van der Waals surface area contributed by atoms with Gasteiger partial charge in [-0.2, -0.15) is 0 Å². The van der Waals surface area contributed by atoms with E-state index >= 15 is 0 Å². The highest BCUT2D eigenvalue weighted by Crippen LogP contribution is 2.06. The third-order valence-electron chi connectivity index (χ3n) is 1.90. The fourth-order valence-electron chi connectivity index (χ4n) is 1.26. The van der Waals surface area contributed by atoms with Gasteiger partial charge in [-0.25, -0.2) is 0 Å². The predicted molar refractivity (Wildman–Crippen MR) is 58.7 cm³/mol.